The van der Waals surface area contributed by atoms with Gasteiger partial charge in [0.2, 0.25) is 5.91 Å². The molecule has 6 nitrogen and oxygen atoms in total. The number of ether oxygens (including phenoxy) is 3. The summed E-state index contributed by atoms with van der Waals surface area (Å²) in [5.74, 6) is 0.867. The van der Waals surface area contributed by atoms with Crippen LogP contribution in [-0.4, -0.2) is 48.8 Å². The molecule has 0 radical (unpaired) electrons. The average molecular weight is 579 g/mol. The molecule has 6 rings (SSSR count). The highest BCUT2D eigenvalue weighted by atomic mass is 19.1. The van der Waals surface area contributed by atoms with E-state index < -0.39 is 0 Å². The molecule has 1 unspecified atom stereocenters. The minimum Gasteiger partial charge on any atom is -0.493 e. The summed E-state index contributed by atoms with van der Waals surface area (Å²) < 4.78 is 33.2. The maximum atomic E-state index is 13.7. The lowest BCUT2D eigenvalue weighted by molar-refractivity contribution is -0.135. The lowest BCUT2D eigenvalue weighted by Crippen LogP contribution is -2.41. The van der Waals surface area contributed by atoms with Crippen molar-refractivity contribution in [2.45, 2.75) is 25.5 Å². The summed E-state index contributed by atoms with van der Waals surface area (Å²) in [7, 11) is 1.64. The average Bonchev–Trinajstić information content (AvgIpc) is 3.42. The predicted molar refractivity (Wildman–Crippen MR) is 165 cm³/mol. The Labute approximate surface area is 251 Å². The van der Waals surface area contributed by atoms with Crippen LogP contribution in [0.3, 0.4) is 0 Å². The smallest absolute Gasteiger partial charge is 0.223 e. The quantitative estimate of drug-likeness (QED) is 0.183. The first-order valence-electron chi connectivity index (χ1n) is 14.6. The van der Waals surface area contributed by atoms with Crippen LogP contribution in [0.15, 0.2) is 103 Å². The summed E-state index contributed by atoms with van der Waals surface area (Å²) in [4.78, 5) is 15.6. The van der Waals surface area contributed by atoms with Gasteiger partial charge in [0, 0.05) is 49.1 Å². The topological polar surface area (TPSA) is 52.9 Å². The van der Waals surface area contributed by atoms with E-state index in [1.807, 2.05) is 77.7 Å². The number of carbonyl (C=O) groups is 1. The van der Waals surface area contributed by atoms with Crippen LogP contribution in [0.25, 0.3) is 10.9 Å². The Morgan fingerprint density at radius 1 is 0.884 bits per heavy atom. The van der Waals surface area contributed by atoms with Crippen molar-refractivity contribution in [3.8, 4) is 11.5 Å². The van der Waals surface area contributed by atoms with Gasteiger partial charge in [0.1, 0.15) is 12.4 Å². The van der Waals surface area contributed by atoms with Gasteiger partial charge in [0.15, 0.2) is 11.5 Å². The van der Waals surface area contributed by atoms with Crippen LogP contribution in [0.2, 0.25) is 0 Å². The number of nitrogens with zero attached hydrogens (tertiary/aromatic N) is 2. The molecule has 1 aliphatic rings. The Bertz CT molecular complexity index is 1680. The molecule has 220 valence electrons. The third-order valence-electron chi connectivity index (χ3n) is 8.03. The number of amides is 1. The highest BCUT2D eigenvalue weighted by molar-refractivity contribution is 5.87. The van der Waals surface area contributed by atoms with Gasteiger partial charge in [-0.2, -0.15) is 0 Å². The molecule has 4 aromatic carbocycles. The van der Waals surface area contributed by atoms with Gasteiger partial charge in [-0.15, -0.1) is 0 Å². The van der Waals surface area contributed by atoms with Crippen LogP contribution < -0.4 is 9.47 Å². The Hall–Kier alpha value is -4.62. The second-order valence-corrected chi connectivity index (χ2v) is 10.8. The summed E-state index contributed by atoms with van der Waals surface area (Å²) >= 11 is 0. The molecule has 7 heteroatoms. The summed E-state index contributed by atoms with van der Waals surface area (Å²) in [5.41, 5.74) is 5.14. The molecule has 1 amide bonds. The number of methoxy groups -OCH3 is 1. The zero-order chi connectivity index (χ0) is 29.6. The number of carbonyl (C=O) groups excluding carboxylic acids is 1. The van der Waals surface area contributed by atoms with E-state index in [-0.39, 0.29) is 17.6 Å². The van der Waals surface area contributed by atoms with Gasteiger partial charge in [-0.05, 0) is 52.6 Å². The van der Waals surface area contributed by atoms with Crippen LogP contribution in [-0.2, 0) is 22.7 Å². The van der Waals surface area contributed by atoms with E-state index in [1.54, 1.807) is 7.11 Å². The Balaban J connectivity index is 1.37. The number of benzene rings is 4. The molecule has 2 heterocycles. The summed E-state index contributed by atoms with van der Waals surface area (Å²) in [6.45, 7) is 3.29. The van der Waals surface area contributed by atoms with E-state index in [0.29, 0.717) is 57.4 Å². The van der Waals surface area contributed by atoms with Crippen molar-refractivity contribution in [2.24, 2.45) is 0 Å². The number of morpholine rings is 1. The molecule has 1 aromatic heterocycles. The predicted octanol–water partition coefficient (Wildman–Crippen LogP) is 6.80. The van der Waals surface area contributed by atoms with Crippen molar-refractivity contribution in [2.75, 3.05) is 33.4 Å². The first-order chi connectivity index (χ1) is 21.1. The normalized spacial score (nSPS) is 14.0. The zero-order valence-corrected chi connectivity index (χ0v) is 24.2. The van der Waals surface area contributed by atoms with Crippen LogP contribution in [0.1, 0.15) is 34.6 Å². The SMILES string of the molecule is COc1cc(C(CC(=O)N2CCOCC2)c2cn(Cc3ccc(F)cc3)c3ccccc23)ccc1OCc1ccccc1. The summed E-state index contributed by atoms with van der Waals surface area (Å²) in [5, 5.41) is 1.08. The van der Waals surface area contributed by atoms with E-state index in [4.69, 9.17) is 14.2 Å². The summed E-state index contributed by atoms with van der Waals surface area (Å²) in [6.07, 6.45) is 2.44. The van der Waals surface area contributed by atoms with Crippen molar-refractivity contribution in [3.05, 3.63) is 131 Å². The fourth-order valence-corrected chi connectivity index (χ4v) is 5.75. The van der Waals surface area contributed by atoms with Gasteiger partial charge in [0.25, 0.3) is 0 Å². The van der Waals surface area contributed by atoms with Crippen molar-refractivity contribution in [1.82, 2.24) is 9.47 Å². The molecule has 5 aromatic rings. The van der Waals surface area contributed by atoms with Crippen LogP contribution in [0, 0.1) is 5.82 Å². The number of hydrogen-bond acceptors (Lipinski definition) is 4. The van der Waals surface area contributed by atoms with E-state index >= 15 is 0 Å². The van der Waals surface area contributed by atoms with E-state index in [1.165, 1.54) is 12.1 Å². The molecule has 1 aliphatic heterocycles. The molecule has 43 heavy (non-hydrogen) atoms. The molecule has 0 N–H and O–H groups in total. The molecule has 1 fully saturated rings. The van der Waals surface area contributed by atoms with Crippen LogP contribution in [0.5, 0.6) is 11.5 Å². The highest BCUT2D eigenvalue weighted by Crippen LogP contribution is 2.39. The van der Waals surface area contributed by atoms with Gasteiger partial charge < -0.3 is 23.7 Å². The molecular formula is C36H35FN2O4. The largest absolute Gasteiger partial charge is 0.493 e. The Morgan fingerprint density at radius 3 is 2.40 bits per heavy atom. The first-order valence-corrected chi connectivity index (χ1v) is 14.6. The second kappa shape index (κ2) is 13.1. The monoisotopic (exact) mass is 578 g/mol. The van der Waals surface area contributed by atoms with E-state index in [9.17, 15) is 9.18 Å². The lowest BCUT2D eigenvalue weighted by atomic mass is 9.87. The van der Waals surface area contributed by atoms with Crippen LogP contribution >= 0.6 is 0 Å². The Kier molecular flexibility index (Phi) is 8.70. The third kappa shape index (κ3) is 6.57. The number of aromatic nitrogens is 1. The summed E-state index contributed by atoms with van der Waals surface area (Å²) in [6, 6.07) is 30.8. The maximum Gasteiger partial charge on any atom is 0.223 e. The van der Waals surface area contributed by atoms with E-state index in [2.05, 4.69) is 22.9 Å². The highest BCUT2D eigenvalue weighted by Gasteiger charge is 2.27. The third-order valence-corrected chi connectivity index (χ3v) is 8.03. The fourth-order valence-electron chi connectivity index (χ4n) is 5.75. The number of para-hydroxylation sites is 1. The van der Waals surface area contributed by atoms with Gasteiger partial charge in [0.05, 0.1) is 20.3 Å². The molecule has 1 atom stereocenters. The van der Waals surface area contributed by atoms with Gasteiger partial charge in [-0.25, -0.2) is 4.39 Å². The van der Waals surface area contributed by atoms with Gasteiger partial charge in [-0.1, -0.05) is 66.7 Å². The zero-order valence-electron chi connectivity index (χ0n) is 24.2. The second-order valence-electron chi connectivity index (χ2n) is 10.8. The molecule has 0 bridgehead atoms. The minimum atomic E-state index is -0.256. The number of rotatable bonds is 10. The van der Waals surface area contributed by atoms with Crippen molar-refractivity contribution < 1.29 is 23.4 Å². The van der Waals surface area contributed by atoms with E-state index in [0.717, 1.165) is 33.2 Å². The lowest BCUT2D eigenvalue weighted by Gasteiger charge is -2.29. The first kappa shape index (κ1) is 28.5. The fraction of sp³-hybridized carbons (Fsp3) is 0.250. The molecule has 0 aliphatic carbocycles. The number of halogens is 1. The molecular weight excluding hydrogens is 543 g/mol. The standard InChI is InChI=1S/C36H35FN2O4/c1-41-35-21-28(13-16-34(35)43-25-27-7-3-2-4-8-27)31(22-36(40)38-17-19-42-20-18-38)32-24-39(33-10-6-5-9-30(32)33)23-26-11-14-29(37)15-12-26/h2-16,21,24,31H,17-20,22-23,25H2,1H3. The van der Waals surface area contributed by atoms with Crippen molar-refractivity contribution >= 4 is 16.8 Å². The van der Waals surface area contributed by atoms with Crippen molar-refractivity contribution in [3.63, 3.8) is 0 Å². The van der Waals surface area contributed by atoms with Gasteiger partial charge >= 0.3 is 0 Å². The van der Waals surface area contributed by atoms with Crippen LogP contribution in [0.4, 0.5) is 4.39 Å². The Morgan fingerprint density at radius 2 is 1.63 bits per heavy atom. The molecule has 0 spiro atoms. The van der Waals surface area contributed by atoms with Gasteiger partial charge in [-0.3, -0.25) is 4.79 Å². The molecule has 1 saturated heterocycles. The number of fused-ring (bicyclic) bond motifs is 1. The van der Waals surface area contributed by atoms with Crippen molar-refractivity contribution in [1.29, 1.82) is 0 Å². The molecule has 0 saturated carbocycles. The maximum absolute atomic E-state index is 13.7. The minimum absolute atomic E-state index is 0.0898. The number of hydrogen-bond donors (Lipinski definition) is 0.